The van der Waals surface area contributed by atoms with Gasteiger partial charge in [-0.05, 0) is 42.3 Å². The highest BCUT2D eigenvalue weighted by atomic mass is 32.1. The summed E-state index contributed by atoms with van der Waals surface area (Å²) < 4.78 is 18.8. The lowest BCUT2D eigenvalue weighted by molar-refractivity contribution is 0.0992. The van der Waals surface area contributed by atoms with E-state index in [9.17, 15) is 4.79 Å². The Kier molecular flexibility index (Phi) is 8.31. The van der Waals surface area contributed by atoms with E-state index in [1.165, 1.54) is 5.56 Å². The third-order valence-electron chi connectivity index (χ3n) is 4.21. The lowest BCUT2D eigenvalue weighted by atomic mass is 10.0. The fraction of sp³-hybridized carbons (Fsp3) is 0.174. The third kappa shape index (κ3) is 6.28. The van der Waals surface area contributed by atoms with Crippen molar-refractivity contribution in [1.82, 2.24) is 0 Å². The van der Waals surface area contributed by atoms with Crippen molar-refractivity contribution in [3.8, 4) is 11.5 Å². The van der Waals surface area contributed by atoms with Gasteiger partial charge in [-0.15, -0.1) is 0 Å². The van der Waals surface area contributed by atoms with Gasteiger partial charge in [0.05, 0.1) is 7.11 Å². The van der Waals surface area contributed by atoms with Crippen molar-refractivity contribution in [1.29, 1.82) is 0 Å². The van der Waals surface area contributed by atoms with Gasteiger partial charge in [0, 0.05) is 12.0 Å². The van der Waals surface area contributed by atoms with Crippen LogP contribution in [0.2, 0.25) is 0 Å². The number of ether oxygens (including phenoxy) is 2. The van der Waals surface area contributed by atoms with Crippen molar-refractivity contribution in [2.75, 3.05) is 7.11 Å². The van der Waals surface area contributed by atoms with Crippen LogP contribution in [0.4, 0.5) is 0 Å². The number of hydrogen-bond donors (Lipinski definition) is 0. The van der Waals surface area contributed by atoms with Gasteiger partial charge in [0.1, 0.15) is 18.1 Å². The number of methoxy groups -OCH3 is 1. The van der Waals surface area contributed by atoms with Crippen LogP contribution in [0.25, 0.3) is 0 Å². The van der Waals surface area contributed by atoms with Crippen molar-refractivity contribution in [3.05, 3.63) is 95.1 Å². The number of carbonyl (C=O) groups is 1. The Morgan fingerprint density at radius 2 is 1.50 bits per heavy atom. The molecule has 0 saturated carbocycles. The van der Waals surface area contributed by atoms with E-state index < -0.39 is 0 Å². The minimum atomic E-state index is 0.0868. The first-order valence-corrected chi connectivity index (χ1v) is 9.08. The maximum absolute atomic E-state index is 12.5. The molecule has 0 heterocycles. The lowest BCUT2D eigenvalue weighted by Crippen LogP contribution is -2.04. The molecular weight excluding hydrogens is 372 g/mol. The summed E-state index contributed by atoms with van der Waals surface area (Å²) in [5, 5.41) is 0. The fourth-order valence-corrected chi connectivity index (χ4v) is 2.64. The minimum absolute atomic E-state index is 0.0868. The zero-order valence-corrected chi connectivity index (χ0v) is 16.7. The topological polar surface area (TPSA) is 52.6 Å². The second-order valence-electron chi connectivity index (χ2n) is 6.25. The lowest BCUT2D eigenvalue weighted by Gasteiger charge is -2.09. The molecule has 5 heteroatoms. The number of ketones is 1. The summed E-state index contributed by atoms with van der Waals surface area (Å²) in [6, 6.07) is 23.1. The molecule has 3 rings (SSSR count). The molecule has 0 aliphatic carbocycles. The predicted molar refractivity (Wildman–Crippen MR) is 111 cm³/mol. The van der Waals surface area contributed by atoms with E-state index in [0.717, 1.165) is 16.9 Å². The van der Waals surface area contributed by atoms with Crippen molar-refractivity contribution < 1.29 is 18.5 Å². The number of benzene rings is 3. The highest BCUT2D eigenvalue weighted by Gasteiger charge is 2.08. The largest absolute Gasteiger partial charge is 0.497 e. The number of aryl methyl sites for hydroxylation is 1. The second kappa shape index (κ2) is 10.9. The Morgan fingerprint density at radius 3 is 2.14 bits per heavy atom. The molecule has 144 valence electrons. The van der Waals surface area contributed by atoms with E-state index in [1.54, 1.807) is 13.2 Å². The Labute approximate surface area is 170 Å². The van der Waals surface area contributed by atoms with Gasteiger partial charge in [-0.3, -0.25) is 4.79 Å². The molecule has 0 radical (unpaired) electrons. The molecule has 0 unspecified atom stereocenters. The van der Waals surface area contributed by atoms with Crippen LogP contribution in [-0.4, -0.2) is 17.1 Å². The molecular formula is C23H22O4S. The quantitative estimate of drug-likeness (QED) is 0.545. The molecule has 28 heavy (non-hydrogen) atoms. The Morgan fingerprint density at radius 1 is 0.857 bits per heavy atom. The minimum Gasteiger partial charge on any atom is -0.497 e. The summed E-state index contributed by atoms with van der Waals surface area (Å²) in [4.78, 5) is 12.5. The van der Waals surface area contributed by atoms with Crippen LogP contribution in [0, 0.1) is 6.92 Å². The van der Waals surface area contributed by atoms with Crippen molar-refractivity contribution in [2.45, 2.75) is 20.0 Å². The molecule has 4 nitrogen and oxygen atoms in total. The van der Waals surface area contributed by atoms with Crippen LogP contribution in [0.15, 0.2) is 72.8 Å². The van der Waals surface area contributed by atoms with E-state index in [1.807, 2.05) is 73.7 Å². The molecule has 0 spiro atoms. The van der Waals surface area contributed by atoms with Gasteiger partial charge in [-0.25, -0.2) is 0 Å². The van der Waals surface area contributed by atoms with Crippen LogP contribution in [0.1, 0.15) is 27.0 Å². The van der Waals surface area contributed by atoms with Crippen molar-refractivity contribution >= 4 is 18.3 Å². The van der Waals surface area contributed by atoms with Crippen LogP contribution in [0.5, 0.6) is 11.5 Å². The monoisotopic (exact) mass is 394 g/mol. The van der Waals surface area contributed by atoms with Crippen molar-refractivity contribution in [3.63, 3.8) is 0 Å². The SMILES string of the molecule is COc1ccc(COc2cccc(C(=O)Cc3ccc(C)cc3)c2)cc1.O=S. The number of carbonyl (C=O) groups excluding carboxylic acids is 1. The van der Waals surface area contributed by atoms with Crippen LogP contribution < -0.4 is 9.47 Å². The summed E-state index contributed by atoms with van der Waals surface area (Å²) in [7, 11) is 1.64. The van der Waals surface area contributed by atoms with Gasteiger partial charge in [0.15, 0.2) is 18.3 Å². The van der Waals surface area contributed by atoms with E-state index in [4.69, 9.17) is 13.7 Å². The van der Waals surface area contributed by atoms with Crippen LogP contribution in [-0.2, 0) is 25.6 Å². The molecule has 0 atom stereocenters. The van der Waals surface area contributed by atoms with E-state index >= 15 is 0 Å². The fourth-order valence-electron chi connectivity index (χ4n) is 2.64. The molecule has 3 aromatic rings. The van der Waals surface area contributed by atoms with E-state index in [2.05, 4.69) is 12.5 Å². The maximum Gasteiger partial charge on any atom is 0.197 e. The summed E-state index contributed by atoms with van der Waals surface area (Å²) in [6.45, 7) is 2.48. The summed E-state index contributed by atoms with van der Waals surface area (Å²) >= 11 is 2.83. The summed E-state index contributed by atoms with van der Waals surface area (Å²) in [6.07, 6.45) is 0.391. The molecule has 0 N–H and O–H groups in total. The van der Waals surface area contributed by atoms with E-state index in [-0.39, 0.29) is 5.78 Å². The maximum atomic E-state index is 12.5. The number of rotatable bonds is 7. The Bertz CT molecular complexity index is 889. The standard InChI is InChI=1S/C23H22O3.OS/c1-17-6-8-18(9-7-17)14-23(24)20-4-3-5-22(15-20)26-16-19-10-12-21(25-2)13-11-19;1-2/h3-13,15H,14,16H2,1-2H3;. The smallest absolute Gasteiger partial charge is 0.197 e. The molecule has 0 saturated heterocycles. The average molecular weight is 394 g/mol. The zero-order valence-electron chi connectivity index (χ0n) is 15.9. The molecule has 0 fully saturated rings. The third-order valence-corrected chi connectivity index (χ3v) is 4.21. The highest BCUT2D eigenvalue weighted by molar-refractivity contribution is 7.44. The van der Waals surface area contributed by atoms with Gasteiger partial charge in [-0.2, -0.15) is 4.21 Å². The van der Waals surface area contributed by atoms with Gasteiger partial charge >= 0.3 is 0 Å². The molecule has 3 aromatic carbocycles. The molecule has 0 amide bonds. The number of hydrogen-bond acceptors (Lipinski definition) is 5. The van der Waals surface area contributed by atoms with Gasteiger partial charge in [0.2, 0.25) is 0 Å². The summed E-state index contributed by atoms with van der Waals surface area (Å²) in [5.74, 6) is 1.59. The molecule has 0 bridgehead atoms. The van der Waals surface area contributed by atoms with Crippen LogP contribution >= 0.6 is 0 Å². The average Bonchev–Trinajstić information content (AvgIpc) is 2.76. The predicted octanol–water partition coefficient (Wildman–Crippen LogP) is 4.67. The highest BCUT2D eigenvalue weighted by Crippen LogP contribution is 2.18. The second-order valence-corrected chi connectivity index (χ2v) is 6.25. The molecule has 0 aromatic heterocycles. The first kappa shape index (κ1) is 21.3. The Hall–Kier alpha value is -3.05. The summed E-state index contributed by atoms with van der Waals surface area (Å²) in [5.41, 5.74) is 3.92. The van der Waals surface area contributed by atoms with Gasteiger partial charge in [-0.1, -0.05) is 54.1 Å². The van der Waals surface area contributed by atoms with Gasteiger partial charge < -0.3 is 9.47 Å². The Balaban J connectivity index is 0.00000136. The van der Waals surface area contributed by atoms with Gasteiger partial charge in [0.25, 0.3) is 0 Å². The first-order valence-electron chi connectivity index (χ1n) is 8.75. The van der Waals surface area contributed by atoms with Crippen LogP contribution in [0.3, 0.4) is 0 Å². The zero-order chi connectivity index (χ0) is 20.4. The van der Waals surface area contributed by atoms with E-state index in [0.29, 0.717) is 24.3 Å². The molecule has 0 aliphatic rings. The molecule has 0 aliphatic heterocycles. The van der Waals surface area contributed by atoms with Crippen molar-refractivity contribution in [2.24, 2.45) is 0 Å². The first-order chi connectivity index (χ1) is 13.6. The number of Topliss-reactive ketones (excluding diaryl/α,β-unsaturated/α-hetero) is 1. The normalized spacial score (nSPS) is 9.79.